The summed E-state index contributed by atoms with van der Waals surface area (Å²) in [6.45, 7) is 2.02. The third-order valence-corrected chi connectivity index (χ3v) is 5.66. The van der Waals surface area contributed by atoms with Crippen molar-refractivity contribution in [3.05, 3.63) is 22.4 Å². The first-order valence-electron chi connectivity index (χ1n) is 6.08. The van der Waals surface area contributed by atoms with Gasteiger partial charge in [0.2, 0.25) is 10.0 Å². The Morgan fingerprint density at radius 3 is 2.68 bits per heavy atom. The van der Waals surface area contributed by atoms with Crippen molar-refractivity contribution in [2.75, 3.05) is 5.73 Å². The van der Waals surface area contributed by atoms with Crippen molar-refractivity contribution in [1.29, 1.82) is 0 Å². The predicted molar refractivity (Wildman–Crippen MR) is 75.6 cm³/mol. The van der Waals surface area contributed by atoms with E-state index in [9.17, 15) is 12.8 Å². The Labute approximate surface area is 120 Å². The SMILES string of the molecule is CC1CCCC1NS(=O)(=O)c1cc(Br)c(F)cc1N. The van der Waals surface area contributed by atoms with E-state index < -0.39 is 15.8 Å². The summed E-state index contributed by atoms with van der Waals surface area (Å²) >= 11 is 2.97. The maximum Gasteiger partial charge on any atom is 0.242 e. The summed E-state index contributed by atoms with van der Waals surface area (Å²) in [5.41, 5.74) is 5.52. The van der Waals surface area contributed by atoms with Crippen molar-refractivity contribution >= 4 is 31.6 Å². The third-order valence-electron chi connectivity index (χ3n) is 3.51. The molecule has 3 N–H and O–H groups in total. The quantitative estimate of drug-likeness (QED) is 0.823. The fraction of sp³-hybridized carbons (Fsp3) is 0.500. The molecule has 4 nitrogen and oxygen atoms in total. The Balaban J connectivity index is 2.32. The van der Waals surface area contributed by atoms with E-state index in [1.54, 1.807) is 0 Å². The normalized spacial score (nSPS) is 23.7. The molecule has 0 saturated heterocycles. The minimum Gasteiger partial charge on any atom is -0.398 e. The molecule has 1 aliphatic rings. The lowest BCUT2D eigenvalue weighted by atomic mass is 10.1. The maximum absolute atomic E-state index is 13.3. The van der Waals surface area contributed by atoms with Crippen LogP contribution in [0.2, 0.25) is 0 Å². The van der Waals surface area contributed by atoms with Gasteiger partial charge in [-0.15, -0.1) is 0 Å². The van der Waals surface area contributed by atoms with Crippen LogP contribution in [0.3, 0.4) is 0 Å². The van der Waals surface area contributed by atoms with Gasteiger partial charge in [-0.05, 0) is 46.8 Å². The Hall–Kier alpha value is -0.660. The molecule has 0 amide bonds. The molecule has 0 heterocycles. The van der Waals surface area contributed by atoms with E-state index >= 15 is 0 Å². The number of halogens is 2. The van der Waals surface area contributed by atoms with Crippen LogP contribution in [0.1, 0.15) is 26.2 Å². The van der Waals surface area contributed by atoms with E-state index in [0.29, 0.717) is 5.92 Å². The third kappa shape index (κ3) is 3.09. The van der Waals surface area contributed by atoms with Crippen LogP contribution in [0.15, 0.2) is 21.5 Å². The smallest absolute Gasteiger partial charge is 0.242 e. The summed E-state index contributed by atoms with van der Waals surface area (Å²) in [6.07, 6.45) is 2.84. The highest BCUT2D eigenvalue weighted by Gasteiger charge is 2.29. The van der Waals surface area contributed by atoms with Gasteiger partial charge in [-0.2, -0.15) is 0 Å². The van der Waals surface area contributed by atoms with Crippen molar-refractivity contribution in [3.63, 3.8) is 0 Å². The van der Waals surface area contributed by atoms with Crippen LogP contribution in [0.5, 0.6) is 0 Å². The Morgan fingerprint density at radius 2 is 2.11 bits per heavy atom. The van der Waals surface area contributed by atoms with Gasteiger partial charge in [0.05, 0.1) is 10.2 Å². The molecule has 106 valence electrons. The van der Waals surface area contributed by atoms with E-state index in [0.717, 1.165) is 25.3 Å². The van der Waals surface area contributed by atoms with Gasteiger partial charge in [0, 0.05) is 6.04 Å². The lowest BCUT2D eigenvalue weighted by molar-refractivity contribution is 0.476. The number of rotatable bonds is 3. The minimum atomic E-state index is -3.72. The summed E-state index contributed by atoms with van der Waals surface area (Å²) < 4.78 is 40.6. The van der Waals surface area contributed by atoms with Crippen molar-refractivity contribution < 1.29 is 12.8 Å². The zero-order valence-electron chi connectivity index (χ0n) is 10.5. The molecule has 0 radical (unpaired) electrons. The van der Waals surface area contributed by atoms with Gasteiger partial charge < -0.3 is 5.73 Å². The summed E-state index contributed by atoms with van der Waals surface area (Å²) in [7, 11) is -3.72. The molecular formula is C12H16BrFN2O2S. The molecule has 1 aromatic carbocycles. The Morgan fingerprint density at radius 1 is 1.42 bits per heavy atom. The minimum absolute atomic E-state index is 0.0757. The van der Waals surface area contributed by atoms with Crippen molar-refractivity contribution in [2.24, 2.45) is 5.92 Å². The van der Waals surface area contributed by atoms with Crippen molar-refractivity contribution in [1.82, 2.24) is 4.72 Å². The first-order valence-corrected chi connectivity index (χ1v) is 8.35. The average molecular weight is 351 g/mol. The van der Waals surface area contributed by atoms with Crippen LogP contribution in [0.25, 0.3) is 0 Å². The number of nitrogens with two attached hydrogens (primary N) is 1. The molecule has 0 aliphatic heterocycles. The number of hydrogen-bond donors (Lipinski definition) is 2. The zero-order chi connectivity index (χ0) is 14.2. The van der Waals surface area contributed by atoms with Crippen LogP contribution >= 0.6 is 15.9 Å². The average Bonchev–Trinajstić information content (AvgIpc) is 2.69. The predicted octanol–water partition coefficient (Wildman–Crippen LogP) is 2.64. The second kappa shape index (κ2) is 5.38. The lowest BCUT2D eigenvalue weighted by Crippen LogP contribution is -2.36. The van der Waals surface area contributed by atoms with E-state index in [-0.39, 0.29) is 21.1 Å². The van der Waals surface area contributed by atoms with Crippen LogP contribution in [0, 0.1) is 11.7 Å². The fourth-order valence-corrected chi connectivity index (χ4v) is 4.37. The number of sulfonamides is 1. The molecule has 2 unspecified atom stereocenters. The van der Waals surface area contributed by atoms with Crippen molar-refractivity contribution in [3.8, 4) is 0 Å². The standard InChI is InChI=1S/C12H16BrFN2O2S/c1-7-3-2-4-11(7)16-19(17,18)12-5-8(13)9(14)6-10(12)15/h5-7,11,16H,2-4,15H2,1H3. The van der Waals surface area contributed by atoms with Gasteiger partial charge in [0.1, 0.15) is 10.7 Å². The van der Waals surface area contributed by atoms with Crippen LogP contribution in [-0.2, 0) is 10.0 Å². The highest BCUT2D eigenvalue weighted by molar-refractivity contribution is 9.10. The first-order chi connectivity index (χ1) is 8.81. The van der Waals surface area contributed by atoms with Crippen LogP contribution in [-0.4, -0.2) is 14.5 Å². The van der Waals surface area contributed by atoms with E-state index in [1.807, 2.05) is 6.92 Å². The van der Waals surface area contributed by atoms with Crippen molar-refractivity contribution in [2.45, 2.75) is 37.1 Å². The van der Waals surface area contributed by atoms with Gasteiger partial charge in [-0.1, -0.05) is 13.3 Å². The zero-order valence-corrected chi connectivity index (χ0v) is 12.9. The van der Waals surface area contributed by atoms with E-state index in [1.165, 1.54) is 6.07 Å². The van der Waals surface area contributed by atoms with Crippen LogP contribution in [0.4, 0.5) is 10.1 Å². The highest BCUT2D eigenvalue weighted by Crippen LogP contribution is 2.29. The van der Waals surface area contributed by atoms with Gasteiger partial charge in [0.25, 0.3) is 0 Å². The number of benzene rings is 1. The molecule has 0 aromatic heterocycles. The molecule has 1 aliphatic carbocycles. The number of nitrogens with one attached hydrogen (secondary N) is 1. The van der Waals surface area contributed by atoms with Gasteiger partial charge in [0.15, 0.2) is 0 Å². The number of anilines is 1. The first kappa shape index (κ1) is 14.7. The molecule has 1 fully saturated rings. The second-order valence-corrected chi connectivity index (χ2v) is 7.48. The van der Waals surface area contributed by atoms with Gasteiger partial charge >= 0.3 is 0 Å². The molecule has 2 atom stereocenters. The Kier molecular flexibility index (Phi) is 4.17. The van der Waals surface area contributed by atoms with E-state index in [4.69, 9.17) is 5.73 Å². The van der Waals surface area contributed by atoms with Gasteiger partial charge in [-0.3, -0.25) is 0 Å². The summed E-state index contributed by atoms with van der Waals surface area (Å²) in [5.74, 6) is -0.273. The molecule has 0 bridgehead atoms. The summed E-state index contributed by atoms with van der Waals surface area (Å²) in [4.78, 5) is -0.0834. The molecule has 7 heteroatoms. The van der Waals surface area contributed by atoms with Gasteiger partial charge in [-0.25, -0.2) is 17.5 Å². The molecule has 2 rings (SSSR count). The monoisotopic (exact) mass is 350 g/mol. The Bertz CT molecular complexity index is 592. The molecular weight excluding hydrogens is 335 g/mol. The highest BCUT2D eigenvalue weighted by atomic mass is 79.9. The fourth-order valence-electron chi connectivity index (χ4n) is 2.36. The number of hydrogen-bond acceptors (Lipinski definition) is 3. The number of nitrogen functional groups attached to an aromatic ring is 1. The van der Waals surface area contributed by atoms with E-state index in [2.05, 4.69) is 20.7 Å². The second-order valence-electron chi connectivity index (χ2n) is 4.94. The summed E-state index contributed by atoms with van der Waals surface area (Å²) in [5, 5.41) is 0. The summed E-state index contributed by atoms with van der Waals surface area (Å²) in [6, 6.07) is 2.14. The largest absolute Gasteiger partial charge is 0.398 e. The topological polar surface area (TPSA) is 72.2 Å². The molecule has 0 spiro atoms. The maximum atomic E-state index is 13.3. The molecule has 19 heavy (non-hydrogen) atoms. The molecule has 1 aromatic rings. The molecule has 1 saturated carbocycles. The lowest BCUT2D eigenvalue weighted by Gasteiger charge is -2.18. The van der Waals surface area contributed by atoms with Crippen LogP contribution < -0.4 is 10.5 Å².